The number of halogens is 18. The van der Waals surface area contributed by atoms with Crippen LogP contribution in [0.1, 0.15) is 165 Å². The SMILES string of the molecule is C/C(=N\O)[C@]1(n2cn[nH]c2=O)CC[C@@](CO[C@H](C)c2cc(C(F)(F)F)cc(C(F)(F)F)c2)(c2ccccc2)NC1.C/C(=N\O)[C@]1(n2cn[nH]c2=O)CC[C@@](CO[C@H](C)c2cc(C(F)(F)F)cc(C(F)(F)F)c2)(c2ccccc2)NC1.CC(=O)[C@]1(n2cn[nH]c2=O)CC[C@@](CO[C@H](C)c2cc(C(F)(F)F)cc(C(F)(F)F)c2)(c2ccccc2)NC1. The highest BCUT2D eigenvalue weighted by Gasteiger charge is 2.53. The Balaban J connectivity index is 0.000000188. The van der Waals surface area contributed by atoms with Gasteiger partial charge in [0.05, 0.1) is 99.6 Å². The number of Topliss-reactive ketones (excluding diaryl/α,β-unsaturated/α-hetero) is 1. The highest BCUT2D eigenvalue weighted by Crippen LogP contribution is 2.47. The maximum atomic E-state index is 13.4. The Morgan fingerprint density at radius 2 is 0.613 bits per heavy atom. The van der Waals surface area contributed by atoms with Crippen LogP contribution in [0.15, 0.2) is 189 Å². The van der Waals surface area contributed by atoms with Crippen molar-refractivity contribution in [1.82, 2.24) is 60.2 Å². The molecule has 0 spiro atoms. The molecule has 12 rings (SSSR count). The molecule has 3 aliphatic rings. The van der Waals surface area contributed by atoms with Gasteiger partial charge in [0.2, 0.25) is 0 Å². The molecule has 0 bridgehead atoms. The number of ketones is 1. The first-order valence-electron chi connectivity index (χ1n) is 36.5. The number of rotatable bonds is 21. The topological polar surface area (TPSA) is 298 Å². The molecule has 3 aromatic heterocycles. The first-order valence-corrected chi connectivity index (χ1v) is 36.5. The fraction of sp³-hybridized carbons (Fsp3) is 0.423. The minimum atomic E-state index is -4.98. The van der Waals surface area contributed by atoms with Crippen molar-refractivity contribution in [2.45, 2.75) is 169 Å². The second-order valence-corrected chi connectivity index (χ2v) is 29.4. The number of nitrogens with zero attached hydrogens (tertiary/aromatic N) is 8. The molecule has 23 nitrogen and oxygen atoms in total. The van der Waals surface area contributed by atoms with Gasteiger partial charge in [-0.05, 0) is 168 Å². The lowest BCUT2D eigenvalue weighted by molar-refractivity contribution is -0.145. The van der Waals surface area contributed by atoms with Crippen LogP contribution in [0.25, 0.3) is 0 Å². The third-order valence-electron chi connectivity index (χ3n) is 22.4. The van der Waals surface area contributed by atoms with E-state index in [-0.39, 0.29) is 117 Å². The van der Waals surface area contributed by atoms with Crippen LogP contribution in [-0.4, -0.2) is 111 Å². The summed E-state index contributed by atoms with van der Waals surface area (Å²) in [6.07, 6.45) is -27.9. The van der Waals surface area contributed by atoms with E-state index >= 15 is 0 Å². The predicted molar refractivity (Wildman–Crippen MR) is 391 cm³/mol. The van der Waals surface area contributed by atoms with Crippen LogP contribution >= 0.6 is 0 Å². The Bertz CT molecular complexity index is 4890. The average molecular weight is 1700 g/mol. The smallest absolute Gasteiger partial charge is 0.411 e. The van der Waals surface area contributed by atoms with Crippen molar-refractivity contribution in [2.24, 2.45) is 10.3 Å². The molecule has 8 N–H and O–H groups in total. The van der Waals surface area contributed by atoms with Gasteiger partial charge in [0, 0.05) is 19.6 Å². The Morgan fingerprint density at radius 1 is 0.387 bits per heavy atom. The summed E-state index contributed by atoms with van der Waals surface area (Å²) in [5, 5.41) is 54.1. The molecule has 41 heteroatoms. The Kier molecular flexibility index (Phi) is 26.6. The van der Waals surface area contributed by atoms with Gasteiger partial charge in [0.15, 0.2) is 5.78 Å². The molecular formula is C78H80F18N14O9. The van der Waals surface area contributed by atoms with Crippen LogP contribution in [0.4, 0.5) is 79.0 Å². The number of alkyl halides is 18. The summed E-state index contributed by atoms with van der Waals surface area (Å²) in [5.41, 5.74) is -14.5. The molecule has 9 atom stereocenters. The van der Waals surface area contributed by atoms with Crippen molar-refractivity contribution < 1.29 is 108 Å². The van der Waals surface area contributed by atoms with Gasteiger partial charge in [-0.25, -0.2) is 29.7 Å². The number of ether oxygens (including phenoxy) is 3. The minimum Gasteiger partial charge on any atom is -0.411 e. The van der Waals surface area contributed by atoms with Crippen LogP contribution < -0.4 is 33.0 Å². The van der Waals surface area contributed by atoms with Gasteiger partial charge in [-0.2, -0.15) is 94.3 Å². The minimum absolute atomic E-state index is 0.0101. The Labute approximate surface area is 664 Å². The van der Waals surface area contributed by atoms with E-state index in [0.29, 0.717) is 49.2 Å². The largest absolute Gasteiger partial charge is 0.416 e. The van der Waals surface area contributed by atoms with Gasteiger partial charge in [-0.1, -0.05) is 101 Å². The summed E-state index contributed by atoms with van der Waals surface area (Å²) < 4.78 is 263. The Morgan fingerprint density at radius 3 is 0.798 bits per heavy atom. The molecule has 0 unspecified atom stereocenters. The van der Waals surface area contributed by atoms with Crippen LogP contribution in [0.2, 0.25) is 0 Å². The molecule has 9 aromatic rings. The molecule has 0 amide bonds. The number of H-pyrrole nitrogens is 3. The van der Waals surface area contributed by atoms with E-state index in [1.54, 1.807) is 80.6 Å². The van der Waals surface area contributed by atoms with Gasteiger partial charge in [0.25, 0.3) is 0 Å². The quantitative estimate of drug-likeness (QED) is 0.0144. The number of benzene rings is 6. The van der Waals surface area contributed by atoms with Gasteiger partial charge < -0.3 is 40.6 Å². The van der Waals surface area contributed by atoms with Crippen LogP contribution in [0.5, 0.6) is 0 Å². The lowest BCUT2D eigenvalue weighted by Gasteiger charge is -2.47. The number of carbonyl (C=O) groups excluding carboxylic acids is 1. The molecule has 119 heavy (non-hydrogen) atoms. The number of oxime groups is 2. The molecule has 642 valence electrons. The Hall–Kier alpha value is -10.8. The zero-order valence-corrected chi connectivity index (χ0v) is 63.9. The molecule has 6 aromatic carbocycles. The highest BCUT2D eigenvalue weighted by atomic mass is 19.4. The zero-order valence-electron chi connectivity index (χ0n) is 63.9. The first-order chi connectivity index (χ1) is 55.6. The lowest BCUT2D eigenvalue weighted by Crippen LogP contribution is -2.62. The molecule has 0 saturated carbocycles. The number of hydrogen-bond acceptors (Lipinski definition) is 17. The second kappa shape index (κ2) is 34.9. The van der Waals surface area contributed by atoms with E-state index in [0.717, 1.165) is 16.7 Å². The highest BCUT2D eigenvalue weighted by molar-refractivity contribution is 5.90. The fourth-order valence-corrected chi connectivity index (χ4v) is 15.0. The van der Waals surface area contributed by atoms with Crippen molar-refractivity contribution in [3.05, 3.63) is 263 Å². The summed E-state index contributed by atoms with van der Waals surface area (Å²) >= 11 is 0. The van der Waals surface area contributed by atoms with Gasteiger partial charge in [-0.3, -0.25) is 18.5 Å². The van der Waals surface area contributed by atoms with Crippen molar-refractivity contribution in [3.63, 3.8) is 0 Å². The first kappa shape index (κ1) is 90.6. The number of aromatic nitrogens is 9. The third kappa shape index (κ3) is 19.8. The summed E-state index contributed by atoms with van der Waals surface area (Å²) in [7, 11) is 0. The molecule has 6 heterocycles. The molecule has 3 saturated heterocycles. The maximum absolute atomic E-state index is 13.4. The summed E-state index contributed by atoms with van der Waals surface area (Å²) in [6, 6.07) is 31.1. The average Bonchev–Trinajstić information content (AvgIpc) is 1.74. The van der Waals surface area contributed by atoms with Crippen LogP contribution in [0.3, 0.4) is 0 Å². The van der Waals surface area contributed by atoms with E-state index in [1.165, 1.54) is 60.4 Å². The van der Waals surface area contributed by atoms with E-state index < -0.39 is 139 Å². The van der Waals surface area contributed by atoms with Crippen LogP contribution in [-0.2, 0) is 89.3 Å². The third-order valence-corrected chi connectivity index (χ3v) is 22.4. The van der Waals surface area contributed by atoms with Crippen LogP contribution in [0, 0.1) is 0 Å². The van der Waals surface area contributed by atoms with Gasteiger partial charge in [-0.15, -0.1) is 0 Å². The summed E-state index contributed by atoms with van der Waals surface area (Å²) in [4.78, 5) is 49.9. The van der Waals surface area contributed by atoms with Crippen molar-refractivity contribution in [2.75, 3.05) is 39.5 Å². The summed E-state index contributed by atoms with van der Waals surface area (Å²) in [6.45, 7) is 8.41. The zero-order chi connectivity index (χ0) is 87.3. The van der Waals surface area contributed by atoms with Gasteiger partial charge in [0.1, 0.15) is 35.6 Å². The van der Waals surface area contributed by atoms with E-state index in [4.69, 9.17) is 14.2 Å². The van der Waals surface area contributed by atoms with Gasteiger partial charge >= 0.3 is 54.1 Å². The number of piperidine rings is 3. The number of carbonyl (C=O) groups is 1. The van der Waals surface area contributed by atoms with E-state index in [1.807, 2.05) is 24.3 Å². The molecular weight excluding hydrogens is 1620 g/mol. The van der Waals surface area contributed by atoms with E-state index in [9.17, 15) is 109 Å². The molecule has 3 fully saturated rings. The number of aromatic amines is 3. The van der Waals surface area contributed by atoms with E-state index in [2.05, 4.69) is 56.9 Å². The van der Waals surface area contributed by atoms with Crippen molar-refractivity contribution in [3.8, 4) is 0 Å². The predicted octanol–water partition coefficient (Wildman–Crippen LogP) is 15.4. The normalized spacial score (nSPS) is 23.2. The monoisotopic (exact) mass is 1700 g/mol. The standard InChI is InChI=1S/2C26H27F6N5O3.C26H26F6N4O3/c2*1-16(18-10-20(25(27,28)29)12-21(11-18)26(30,31)32)40-14-23(19-6-4-3-5-7-19)8-9-24(13-33-23,17(2)36-39)37-15-34-35-22(37)38;1-16(18-10-20(25(27,28)29)12-21(11-18)26(30,31)32)39-14-23(19-6-4-3-5-7-19)8-9-24(13-33-23,17(2)37)36-15-34-35-22(36)38/h2*3-7,10-12,15-16,33,39H,8-9,13-14H2,1-2H3,(H,35,38);3-7,10-12,15-16,33H,8-9,13-14H2,1-2H3,(H,35,38)/b2*36-17+;/t3*16-,23-,24+/m111/s1. The molecule has 0 aliphatic carbocycles. The summed E-state index contributed by atoms with van der Waals surface area (Å²) in [5.74, 6) is -0.280. The molecule has 3 aliphatic heterocycles. The number of hydrogen-bond donors (Lipinski definition) is 8. The van der Waals surface area contributed by atoms with Crippen molar-refractivity contribution >= 4 is 17.2 Å². The number of nitrogens with one attached hydrogen (secondary N) is 6. The fourth-order valence-electron chi connectivity index (χ4n) is 15.0. The second-order valence-electron chi connectivity index (χ2n) is 29.4. The van der Waals surface area contributed by atoms with Crippen molar-refractivity contribution in [1.29, 1.82) is 0 Å². The lowest BCUT2D eigenvalue weighted by atomic mass is 9.74. The maximum Gasteiger partial charge on any atom is 0.416 e. The molecule has 0 radical (unpaired) electrons.